The van der Waals surface area contributed by atoms with E-state index in [1.165, 1.54) is 6.92 Å². The van der Waals surface area contributed by atoms with Crippen LogP contribution < -0.4 is 10.1 Å². The third-order valence-corrected chi connectivity index (χ3v) is 2.99. The van der Waals surface area contributed by atoms with Crippen LogP contribution in [0.4, 0.5) is 0 Å². The molecule has 0 saturated heterocycles. The molecular formula is C15H23NO3. The van der Waals surface area contributed by atoms with Gasteiger partial charge >= 0.3 is 0 Å². The Kier molecular flexibility index (Phi) is 6.36. The fourth-order valence-electron chi connectivity index (χ4n) is 1.87. The standard InChI is InChI=1S/C15H23NO3/c1-11(8-9-16-13(3)18)14-6-4-5-7-15(14)19-12(2)10-17/h4-7,11-12,17H,8-10H2,1-3H3,(H,16,18). The number of carbonyl (C=O) groups excluding carboxylic acids is 1. The molecule has 2 N–H and O–H groups in total. The van der Waals surface area contributed by atoms with Crippen LogP contribution in [0.25, 0.3) is 0 Å². The molecular weight excluding hydrogens is 242 g/mol. The zero-order valence-corrected chi connectivity index (χ0v) is 11.8. The maximum atomic E-state index is 10.8. The van der Waals surface area contributed by atoms with Crippen molar-refractivity contribution >= 4 is 5.91 Å². The number of aliphatic hydroxyl groups is 1. The molecule has 2 atom stereocenters. The molecule has 0 spiro atoms. The molecule has 0 aliphatic rings. The Morgan fingerprint density at radius 3 is 2.68 bits per heavy atom. The van der Waals surface area contributed by atoms with Gasteiger partial charge in [0.15, 0.2) is 0 Å². The average Bonchev–Trinajstić information content (AvgIpc) is 2.38. The minimum Gasteiger partial charge on any atom is -0.488 e. The quantitative estimate of drug-likeness (QED) is 0.793. The molecule has 0 heterocycles. The van der Waals surface area contributed by atoms with Crippen LogP contribution in [0.5, 0.6) is 5.75 Å². The van der Waals surface area contributed by atoms with Gasteiger partial charge in [-0.1, -0.05) is 25.1 Å². The van der Waals surface area contributed by atoms with Crippen molar-refractivity contribution < 1.29 is 14.6 Å². The smallest absolute Gasteiger partial charge is 0.216 e. The van der Waals surface area contributed by atoms with E-state index in [2.05, 4.69) is 12.2 Å². The van der Waals surface area contributed by atoms with E-state index < -0.39 is 0 Å². The third-order valence-electron chi connectivity index (χ3n) is 2.99. The lowest BCUT2D eigenvalue weighted by Gasteiger charge is -2.19. The Bertz CT molecular complexity index is 406. The van der Waals surface area contributed by atoms with E-state index in [1.54, 1.807) is 0 Å². The number of hydrogen-bond donors (Lipinski definition) is 2. The fraction of sp³-hybridized carbons (Fsp3) is 0.533. The first kappa shape index (κ1) is 15.5. The van der Waals surface area contributed by atoms with Gasteiger partial charge in [0.05, 0.1) is 6.61 Å². The van der Waals surface area contributed by atoms with Crippen molar-refractivity contribution in [3.05, 3.63) is 29.8 Å². The van der Waals surface area contributed by atoms with Crippen molar-refractivity contribution in [2.45, 2.75) is 39.2 Å². The third kappa shape index (κ3) is 5.30. The highest BCUT2D eigenvalue weighted by atomic mass is 16.5. The lowest BCUT2D eigenvalue weighted by Crippen LogP contribution is -2.22. The van der Waals surface area contributed by atoms with Gasteiger partial charge in [-0.3, -0.25) is 4.79 Å². The summed E-state index contributed by atoms with van der Waals surface area (Å²) < 4.78 is 5.71. The van der Waals surface area contributed by atoms with Crippen molar-refractivity contribution in [3.8, 4) is 5.75 Å². The Hall–Kier alpha value is -1.55. The number of amides is 1. The Labute approximate surface area is 114 Å². The van der Waals surface area contributed by atoms with Gasteiger partial charge in [-0.2, -0.15) is 0 Å². The van der Waals surface area contributed by atoms with E-state index >= 15 is 0 Å². The highest BCUT2D eigenvalue weighted by Gasteiger charge is 2.13. The predicted molar refractivity (Wildman–Crippen MR) is 75.3 cm³/mol. The highest BCUT2D eigenvalue weighted by Crippen LogP contribution is 2.29. The first-order valence-electron chi connectivity index (χ1n) is 6.65. The summed E-state index contributed by atoms with van der Waals surface area (Å²) in [5.74, 6) is 1.08. The molecule has 1 rings (SSSR count). The number of nitrogens with one attached hydrogen (secondary N) is 1. The van der Waals surface area contributed by atoms with E-state index in [0.29, 0.717) is 6.54 Å². The van der Waals surface area contributed by atoms with E-state index in [1.807, 2.05) is 31.2 Å². The lowest BCUT2D eigenvalue weighted by molar-refractivity contribution is -0.118. The van der Waals surface area contributed by atoms with Crippen molar-refractivity contribution in [1.29, 1.82) is 0 Å². The van der Waals surface area contributed by atoms with Gasteiger partial charge < -0.3 is 15.2 Å². The fourth-order valence-corrected chi connectivity index (χ4v) is 1.87. The lowest BCUT2D eigenvalue weighted by atomic mass is 9.97. The van der Waals surface area contributed by atoms with Crippen LogP contribution in [0.15, 0.2) is 24.3 Å². The number of hydrogen-bond acceptors (Lipinski definition) is 3. The molecule has 1 aromatic carbocycles. The summed E-state index contributed by atoms with van der Waals surface area (Å²) in [6.07, 6.45) is 0.636. The van der Waals surface area contributed by atoms with Crippen LogP contribution in [0.3, 0.4) is 0 Å². The molecule has 2 unspecified atom stereocenters. The zero-order chi connectivity index (χ0) is 14.3. The second kappa shape index (κ2) is 7.79. The number of benzene rings is 1. The minimum absolute atomic E-state index is 0.00535. The molecule has 0 fully saturated rings. The molecule has 4 heteroatoms. The second-order valence-corrected chi connectivity index (χ2v) is 4.82. The molecule has 0 bridgehead atoms. The Balaban J connectivity index is 2.67. The van der Waals surface area contributed by atoms with Crippen molar-refractivity contribution in [2.75, 3.05) is 13.2 Å². The van der Waals surface area contributed by atoms with Crippen LogP contribution in [0.1, 0.15) is 38.7 Å². The van der Waals surface area contributed by atoms with Crippen LogP contribution in [-0.4, -0.2) is 30.3 Å². The molecule has 1 amide bonds. The Morgan fingerprint density at radius 1 is 1.37 bits per heavy atom. The van der Waals surface area contributed by atoms with E-state index in [9.17, 15) is 4.79 Å². The van der Waals surface area contributed by atoms with Gasteiger partial charge in [0, 0.05) is 13.5 Å². The van der Waals surface area contributed by atoms with Crippen LogP contribution in [0, 0.1) is 0 Å². The maximum Gasteiger partial charge on any atom is 0.216 e. The summed E-state index contributed by atoms with van der Waals surface area (Å²) in [5, 5.41) is 11.9. The summed E-state index contributed by atoms with van der Waals surface area (Å²) >= 11 is 0. The van der Waals surface area contributed by atoms with E-state index in [4.69, 9.17) is 9.84 Å². The first-order chi connectivity index (χ1) is 9.04. The van der Waals surface area contributed by atoms with Crippen molar-refractivity contribution in [2.24, 2.45) is 0 Å². The number of aliphatic hydroxyl groups excluding tert-OH is 1. The van der Waals surface area contributed by atoms with Gasteiger partial charge in [-0.05, 0) is 30.9 Å². The van der Waals surface area contributed by atoms with Crippen molar-refractivity contribution in [3.63, 3.8) is 0 Å². The van der Waals surface area contributed by atoms with Gasteiger partial charge in [0.2, 0.25) is 5.91 Å². The molecule has 4 nitrogen and oxygen atoms in total. The highest BCUT2D eigenvalue weighted by molar-refractivity contribution is 5.72. The maximum absolute atomic E-state index is 10.8. The van der Waals surface area contributed by atoms with Crippen LogP contribution in [-0.2, 0) is 4.79 Å². The number of rotatable bonds is 7. The van der Waals surface area contributed by atoms with Gasteiger partial charge in [0.1, 0.15) is 11.9 Å². The van der Waals surface area contributed by atoms with E-state index in [0.717, 1.165) is 17.7 Å². The number of carbonyl (C=O) groups is 1. The molecule has 106 valence electrons. The van der Waals surface area contributed by atoms with Gasteiger partial charge in [-0.15, -0.1) is 0 Å². The molecule has 0 saturated carbocycles. The molecule has 19 heavy (non-hydrogen) atoms. The second-order valence-electron chi connectivity index (χ2n) is 4.82. The topological polar surface area (TPSA) is 58.6 Å². The van der Waals surface area contributed by atoms with Gasteiger partial charge in [0.25, 0.3) is 0 Å². The minimum atomic E-state index is -0.219. The normalized spacial score (nSPS) is 13.7. The summed E-state index contributed by atoms with van der Waals surface area (Å²) in [6, 6.07) is 7.83. The molecule has 0 aliphatic carbocycles. The SMILES string of the molecule is CC(=O)NCCC(C)c1ccccc1OC(C)CO. The largest absolute Gasteiger partial charge is 0.488 e. The summed E-state index contributed by atoms with van der Waals surface area (Å²) in [4.78, 5) is 10.8. The van der Waals surface area contributed by atoms with Gasteiger partial charge in [-0.25, -0.2) is 0 Å². The van der Waals surface area contributed by atoms with E-state index in [-0.39, 0.29) is 24.5 Å². The van der Waals surface area contributed by atoms with Crippen LogP contribution in [0.2, 0.25) is 0 Å². The number of para-hydroxylation sites is 1. The number of ether oxygens (including phenoxy) is 1. The summed E-state index contributed by atoms with van der Waals surface area (Å²) in [5.41, 5.74) is 1.10. The predicted octanol–water partition coefficient (Wildman–Crippen LogP) is 2.08. The molecule has 1 aromatic rings. The first-order valence-corrected chi connectivity index (χ1v) is 6.65. The summed E-state index contributed by atoms with van der Waals surface area (Å²) in [7, 11) is 0. The molecule has 0 aromatic heterocycles. The Morgan fingerprint density at radius 2 is 2.05 bits per heavy atom. The van der Waals surface area contributed by atoms with Crippen molar-refractivity contribution in [1.82, 2.24) is 5.32 Å². The van der Waals surface area contributed by atoms with Crippen LogP contribution >= 0.6 is 0 Å². The average molecular weight is 265 g/mol. The zero-order valence-electron chi connectivity index (χ0n) is 11.8. The molecule has 0 radical (unpaired) electrons. The monoisotopic (exact) mass is 265 g/mol. The molecule has 0 aliphatic heterocycles. The summed E-state index contributed by atoms with van der Waals surface area (Å²) in [6.45, 7) is 6.10.